The Morgan fingerprint density at radius 1 is 0.146 bits per heavy atom. The zero-order valence-corrected chi connectivity index (χ0v) is 63.8. The molecule has 510 valence electrons. The van der Waals surface area contributed by atoms with Gasteiger partial charge in [-0.05, 0) is 311 Å². The van der Waals surface area contributed by atoms with E-state index in [-0.39, 0.29) is 0 Å². The van der Waals surface area contributed by atoms with Gasteiger partial charge in [-0.3, -0.25) is 0 Å². The van der Waals surface area contributed by atoms with Gasteiger partial charge in [-0.25, -0.2) is 0 Å². The molecule has 0 saturated carbocycles. The van der Waals surface area contributed by atoms with Crippen molar-refractivity contribution in [2.45, 2.75) is 279 Å². The number of benzene rings is 13. The lowest BCUT2D eigenvalue weighted by atomic mass is 9.72. The lowest BCUT2D eigenvalue weighted by Crippen LogP contribution is -2.05. The molecule has 13 rings (SSSR count). The van der Waals surface area contributed by atoms with E-state index in [9.17, 15) is 0 Å². The van der Waals surface area contributed by atoms with Crippen LogP contribution >= 0.6 is 0 Å². The molecular weight excluding hydrogens is 1150 g/mol. The first-order valence-corrected chi connectivity index (χ1v) is 40.3. The van der Waals surface area contributed by atoms with Gasteiger partial charge in [0.1, 0.15) is 0 Å². The second-order valence-corrected chi connectivity index (χ2v) is 36.3. The standard InChI is InChI=1S/C96H126/c1-55(2)19-25-61(13)31-37-67-43-73-75-45-68(38-32-62(14)26-20-56(3)4)47-77-79-49-70(40-34-64(16)28-22-58(7)8)51-81-83-53-72(42-36-66(18)30-24-60(11)12)54-84-82-52-71(41-35-65(17)29-23-59(9)10)50-80-78-48-69(39-33-63(15)27-21-57(5)6)46-76-74(44-67)85(73)91-92(86(75)77)94(88(79)81)96(90(83)84)95(89(80)82)93(91)87(76)78/h43-66H,19-42H2,1-18H3. The number of rotatable bonds is 36. The van der Waals surface area contributed by atoms with Crippen LogP contribution in [0.1, 0.15) is 274 Å². The summed E-state index contributed by atoms with van der Waals surface area (Å²) in [6.07, 6.45) is 29.8. The first-order valence-electron chi connectivity index (χ1n) is 40.3. The van der Waals surface area contributed by atoms with Crippen LogP contribution in [-0.2, 0) is 38.5 Å². The smallest absolute Gasteiger partial charge is 0.0000472 e. The molecule has 0 nitrogen and oxygen atoms in total. The van der Waals surface area contributed by atoms with Gasteiger partial charge in [0, 0.05) is 0 Å². The van der Waals surface area contributed by atoms with E-state index < -0.39 is 0 Å². The second kappa shape index (κ2) is 28.6. The van der Waals surface area contributed by atoms with Crippen LogP contribution < -0.4 is 0 Å². The molecular formula is C96H126. The Morgan fingerprint density at radius 2 is 0.260 bits per heavy atom. The summed E-state index contributed by atoms with van der Waals surface area (Å²) in [7, 11) is 0. The first kappa shape index (κ1) is 69.0. The molecule has 6 unspecified atom stereocenters. The van der Waals surface area contributed by atoms with Gasteiger partial charge in [0.05, 0.1) is 0 Å². The maximum absolute atomic E-state index is 2.77. The van der Waals surface area contributed by atoms with E-state index in [0.29, 0.717) is 35.5 Å². The maximum atomic E-state index is 2.77. The minimum Gasteiger partial charge on any atom is -0.0628 e. The highest BCUT2D eigenvalue weighted by Gasteiger charge is 2.33. The summed E-state index contributed by atoms with van der Waals surface area (Å²) >= 11 is 0. The van der Waals surface area contributed by atoms with Crippen molar-refractivity contribution >= 4 is 129 Å². The van der Waals surface area contributed by atoms with E-state index >= 15 is 0 Å². The molecule has 0 saturated heterocycles. The Balaban J connectivity index is 1.20. The van der Waals surface area contributed by atoms with Crippen molar-refractivity contribution in [3.63, 3.8) is 0 Å². The van der Waals surface area contributed by atoms with Gasteiger partial charge in [0.25, 0.3) is 0 Å². The summed E-state index contributed by atoms with van der Waals surface area (Å²) in [5, 5.41) is 36.9. The number of fused-ring (bicyclic) bond motifs is 6. The van der Waals surface area contributed by atoms with Crippen LogP contribution in [0.4, 0.5) is 0 Å². The van der Waals surface area contributed by atoms with E-state index in [1.54, 1.807) is 64.6 Å². The van der Waals surface area contributed by atoms with Crippen molar-refractivity contribution in [1.29, 1.82) is 0 Å². The summed E-state index contributed by atoms with van der Waals surface area (Å²) in [5.74, 6) is 8.55. The van der Waals surface area contributed by atoms with Crippen LogP contribution in [0.25, 0.3) is 129 Å². The molecule has 0 heterocycles. The molecule has 0 fully saturated rings. The lowest BCUT2D eigenvalue weighted by Gasteiger charge is -2.30. The Hall–Kier alpha value is -5.46. The fourth-order valence-electron chi connectivity index (χ4n) is 18.5. The van der Waals surface area contributed by atoms with Crippen molar-refractivity contribution < 1.29 is 0 Å². The molecule has 0 aliphatic heterocycles. The normalized spacial score (nSPS) is 15.2. The van der Waals surface area contributed by atoms with E-state index in [4.69, 9.17) is 0 Å². The monoisotopic (exact) mass is 1280 g/mol. The summed E-state index contributed by atoms with van der Waals surface area (Å²) in [6.45, 7) is 44.2. The molecule has 0 bridgehead atoms. The average Bonchev–Trinajstić information content (AvgIpc) is 0.644. The van der Waals surface area contributed by atoms with Crippen LogP contribution in [-0.4, -0.2) is 0 Å². The first-order chi connectivity index (χ1) is 46.0. The van der Waals surface area contributed by atoms with E-state index in [0.717, 1.165) is 74.0 Å². The maximum Gasteiger partial charge on any atom is -0.0000472 e. The molecule has 96 heavy (non-hydrogen) atoms. The van der Waals surface area contributed by atoms with Gasteiger partial charge in [0.15, 0.2) is 0 Å². The Kier molecular flexibility index (Phi) is 20.6. The Bertz CT molecular complexity index is 3750. The molecule has 0 N–H and O–H groups in total. The summed E-state index contributed by atoms with van der Waals surface area (Å²) < 4.78 is 0. The third-order valence-corrected chi connectivity index (χ3v) is 24.9. The van der Waals surface area contributed by atoms with Gasteiger partial charge in [-0.2, -0.15) is 0 Å². The predicted octanol–water partition coefficient (Wildman–Crippen LogP) is 30.2. The van der Waals surface area contributed by atoms with E-state index in [1.165, 1.54) is 214 Å². The molecule has 0 aromatic heterocycles. The fourth-order valence-corrected chi connectivity index (χ4v) is 18.5. The van der Waals surface area contributed by atoms with Crippen molar-refractivity contribution in [3.05, 3.63) is 106 Å². The van der Waals surface area contributed by atoms with E-state index in [1.807, 2.05) is 0 Å². The van der Waals surface area contributed by atoms with Crippen molar-refractivity contribution in [1.82, 2.24) is 0 Å². The highest BCUT2D eigenvalue weighted by Crippen LogP contribution is 2.61. The minimum absolute atomic E-state index is 0.688. The minimum atomic E-state index is 0.688. The molecule has 0 amide bonds. The summed E-state index contributed by atoms with van der Waals surface area (Å²) in [6, 6.07) is 33.3. The SMILES string of the molecule is CC(C)CCC(C)CCc1cc2c3cc(CCC(C)CCC(C)C)cc4c5cc(CCC(C)CCC(C)C)cc6c7cc(CCC(C)CCC(C)C)cc8c9cc(CCC(C)CCC(C)C)cc%10c%11cc(CCC(C)CCC(C)C)cc%12c(c1)c2c1c(c34)c(c56)c(c78)c(c%109)c1c%12%11. The van der Waals surface area contributed by atoms with Gasteiger partial charge >= 0.3 is 0 Å². The molecule has 0 radical (unpaired) electrons. The molecule has 13 aromatic rings. The van der Waals surface area contributed by atoms with Gasteiger partial charge in [-0.15, -0.1) is 0 Å². The molecule has 0 heteroatoms. The molecule has 0 aliphatic rings. The zero-order chi connectivity index (χ0) is 67.7. The van der Waals surface area contributed by atoms with Gasteiger partial charge in [0.2, 0.25) is 0 Å². The van der Waals surface area contributed by atoms with Crippen molar-refractivity contribution in [2.24, 2.45) is 71.0 Å². The Morgan fingerprint density at radius 3 is 0.365 bits per heavy atom. The largest absolute Gasteiger partial charge is 0.0628 e. The average molecular weight is 1280 g/mol. The quantitative estimate of drug-likeness (QED) is 0.0271. The number of aryl methyl sites for hydroxylation is 6. The Labute approximate surface area is 581 Å². The number of hydrogen-bond donors (Lipinski definition) is 0. The molecule has 0 spiro atoms. The van der Waals surface area contributed by atoms with Crippen LogP contribution in [0.5, 0.6) is 0 Å². The van der Waals surface area contributed by atoms with Crippen molar-refractivity contribution in [3.8, 4) is 0 Å². The summed E-state index contributed by atoms with van der Waals surface area (Å²) in [4.78, 5) is 0. The highest BCUT2D eigenvalue weighted by molar-refractivity contribution is 6.61. The fraction of sp³-hybridized carbons (Fsp3) is 0.562. The van der Waals surface area contributed by atoms with Crippen molar-refractivity contribution in [2.75, 3.05) is 0 Å². The highest BCUT2D eigenvalue weighted by atomic mass is 14.4. The third-order valence-electron chi connectivity index (χ3n) is 24.9. The number of hydrogen-bond acceptors (Lipinski definition) is 0. The summed E-state index contributed by atoms with van der Waals surface area (Å²) in [5.41, 5.74) is 9.24. The predicted molar refractivity (Wildman–Crippen MR) is 433 cm³/mol. The van der Waals surface area contributed by atoms with Crippen LogP contribution in [0.2, 0.25) is 0 Å². The van der Waals surface area contributed by atoms with Gasteiger partial charge in [-0.1, -0.05) is 274 Å². The van der Waals surface area contributed by atoms with E-state index in [2.05, 4.69) is 197 Å². The second-order valence-electron chi connectivity index (χ2n) is 36.3. The van der Waals surface area contributed by atoms with Crippen LogP contribution in [0.3, 0.4) is 0 Å². The van der Waals surface area contributed by atoms with Gasteiger partial charge < -0.3 is 0 Å². The molecule has 13 aromatic carbocycles. The van der Waals surface area contributed by atoms with Crippen LogP contribution in [0.15, 0.2) is 72.8 Å². The zero-order valence-electron chi connectivity index (χ0n) is 63.8. The molecule has 6 atom stereocenters. The van der Waals surface area contributed by atoms with Crippen LogP contribution in [0, 0.1) is 71.0 Å². The molecule has 0 aliphatic carbocycles. The lowest BCUT2D eigenvalue weighted by molar-refractivity contribution is 0.428. The third kappa shape index (κ3) is 13.7. The topological polar surface area (TPSA) is 0 Å².